The predicted molar refractivity (Wildman–Crippen MR) is 192 cm³/mol. The van der Waals surface area contributed by atoms with Crippen molar-refractivity contribution >= 4 is 65.4 Å². The molecule has 214 valence electrons. The van der Waals surface area contributed by atoms with E-state index in [0.717, 1.165) is 55.0 Å². The molecule has 2 nitrogen and oxygen atoms in total. The summed E-state index contributed by atoms with van der Waals surface area (Å²) < 4.78 is 13.1. The second-order valence-electron chi connectivity index (χ2n) is 12.0. The molecule has 0 spiro atoms. The smallest absolute Gasteiger partial charge is 0.147 e. The van der Waals surface area contributed by atoms with Crippen LogP contribution in [-0.4, -0.2) is 0 Å². The van der Waals surface area contributed by atoms with Crippen molar-refractivity contribution in [3.05, 3.63) is 158 Å². The number of hydrogen-bond acceptors (Lipinski definition) is 2. The van der Waals surface area contributed by atoms with Crippen LogP contribution < -0.4 is 0 Å². The molecular formula is C44H26O2. The van der Waals surface area contributed by atoms with Crippen LogP contribution in [-0.2, 0) is 0 Å². The van der Waals surface area contributed by atoms with Gasteiger partial charge in [-0.1, -0.05) is 140 Å². The number of para-hydroxylation sites is 2. The molecule has 0 saturated heterocycles. The molecule has 0 saturated carbocycles. The Kier molecular flexibility index (Phi) is 5.31. The van der Waals surface area contributed by atoms with Gasteiger partial charge >= 0.3 is 0 Å². The fraction of sp³-hybridized carbons (Fsp3) is 0. The van der Waals surface area contributed by atoms with Crippen LogP contribution in [0, 0.1) is 0 Å². The van der Waals surface area contributed by atoms with Crippen molar-refractivity contribution in [1.29, 1.82) is 0 Å². The number of rotatable bonds is 3. The van der Waals surface area contributed by atoms with Crippen LogP contribution in [0.2, 0.25) is 0 Å². The molecule has 2 aromatic heterocycles. The lowest BCUT2D eigenvalue weighted by Crippen LogP contribution is -1.91. The summed E-state index contributed by atoms with van der Waals surface area (Å²) in [5.74, 6) is 0. The van der Waals surface area contributed by atoms with Gasteiger partial charge in [0.15, 0.2) is 0 Å². The first-order valence-electron chi connectivity index (χ1n) is 15.7. The first kappa shape index (κ1) is 25.2. The molecule has 0 unspecified atom stereocenters. The quantitative estimate of drug-likeness (QED) is 0.193. The van der Waals surface area contributed by atoms with Crippen LogP contribution in [0.4, 0.5) is 0 Å². The van der Waals surface area contributed by atoms with Crippen LogP contribution >= 0.6 is 0 Å². The summed E-state index contributed by atoms with van der Waals surface area (Å²) in [5, 5.41) is 9.41. The molecule has 0 fully saturated rings. The van der Waals surface area contributed by atoms with Crippen LogP contribution in [0.3, 0.4) is 0 Å². The van der Waals surface area contributed by atoms with Crippen LogP contribution in [0.1, 0.15) is 0 Å². The van der Waals surface area contributed by atoms with Gasteiger partial charge in [0.25, 0.3) is 0 Å². The molecule has 0 radical (unpaired) electrons. The summed E-state index contributed by atoms with van der Waals surface area (Å²) in [6.07, 6.45) is 0. The number of furan rings is 2. The van der Waals surface area contributed by atoms with Gasteiger partial charge in [-0.25, -0.2) is 0 Å². The lowest BCUT2D eigenvalue weighted by Gasteiger charge is -2.18. The molecule has 0 aliphatic heterocycles. The Labute approximate surface area is 264 Å². The lowest BCUT2D eigenvalue weighted by atomic mass is 9.85. The maximum Gasteiger partial charge on any atom is 0.147 e. The summed E-state index contributed by atoms with van der Waals surface area (Å²) in [5.41, 5.74) is 10.4. The van der Waals surface area contributed by atoms with Gasteiger partial charge in [0.2, 0.25) is 0 Å². The topological polar surface area (TPSA) is 26.3 Å². The molecule has 46 heavy (non-hydrogen) atoms. The summed E-state index contributed by atoms with van der Waals surface area (Å²) in [7, 11) is 0. The molecule has 0 amide bonds. The highest BCUT2D eigenvalue weighted by Gasteiger charge is 2.22. The summed E-state index contributed by atoms with van der Waals surface area (Å²) >= 11 is 0. The summed E-state index contributed by atoms with van der Waals surface area (Å²) in [6.45, 7) is 0. The second-order valence-corrected chi connectivity index (χ2v) is 12.0. The highest BCUT2D eigenvalue weighted by Crippen LogP contribution is 2.46. The largest absolute Gasteiger partial charge is 0.455 e. The highest BCUT2D eigenvalue weighted by atomic mass is 16.3. The van der Waals surface area contributed by atoms with E-state index in [1.807, 2.05) is 24.3 Å². The molecule has 2 heteroatoms. The molecule has 0 bridgehead atoms. The third-order valence-electron chi connectivity index (χ3n) is 9.47. The molecule has 10 aromatic rings. The van der Waals surface area contributed by atoms with Crippen molar-refractivity contribution in [2.45, 2.75) is 0 Å². The fourth-order valence-corrected chi connectivity index (χ4v) is 7.46. The number of hydrogen-bond donors (Lipinski definition) is 0. The fourth-order valence-electron chi connectivity index (χ4n) is 7.46. The Hall–Kier alpha value is -6.12. The Morgan fingerprint density at radius 1 is 0.261 bits per heavy atom. The van der Waals surface area contributed by atoms with Gasteiger partial charge in [0.1, 0.15) is 22.3 Å². The van der Waals surface area contributed by atoms with E-state index < -0.39 is 0 Å². The van der Waals surface area contributed by atoms with E-state index in [2.05, 4.69) is 133 Å². The van der Waals surface area contributed by atoms with E-state index in [1.165, 1.54) is 43.8 Å². The van der Waals surface area contributed by atoms with Crippen molar-refractivity contribution in [3.63, 3.8) is 0 Å². The van der Waals surface area contributed by atoms with Crippen molar-refractivity contribution in [1.82, 2.24) is 0 Å². The average Bonchev–Trinajstić information content (AvgIpc) is 3.68. The molecule has 8 aromatic carbocycles. The standard InChI is InChI=1S/C44H26O2/c1-2-12-27(13-3-1)40-32-16-4-6-18-34(32)41(35-19-7-5-17-33(35)40)28-22-24-29(25-23-28)42-43-36(30-14-8-10-20-38(30)45-43)26-37-31-15-9-11-21-39(31)46-44(37)42/h1-26H. The Balaban J connectivity index is 1.24. The van der Waals surface area contributed by atoms with E-state index >= 15 is 0 Å². The normalized spacial score (nSPS) is 11.9. The second kappa shape index (κ2) is 9.69. The Morgan fingerprint density at radius 3 is 1.07 bits per heavy atom. The summed E-state index contributed by atoms with van der Waals surface area (Å²) in [6, 6.07) is 56.0. The maximum absolute atomic E-state index is 6.57. The van der Waals surface area contributed by atoms with Crippen molar-refractivity contribution < 1.29 is 8.83 Å². The van der Waals surface area contributed by atoms with Gasteiger partial charge in [-0.2, -0.15) is 0 Å². The van der Waals surface area contributed by atoms with Gasteiger partial charge in [-0.3, -0.25) is 0 Å². The molecule has 0 aliphatic carbocycles. The van der Waals surface area contributed by atoms with Crippen molar-refractivity contribution in [2.75, 3.05) is 0 Å². The Bertz CT molecular complexity index is 2630. The van der Waals surface area contributed by atoms with Crippen LogP contribution in [0.15, 0.2) is 167 Å². The third kappa shape index (κ3) is 3.59. The minimum absolute atomic E-state index is 0.851. The first-order chi connectivity index (χ1) is 22.8. The SMILES string of the molecule is c1ccc(-c2c3ccccc3c(-c3ccc(-c4c5oc6ccccc6c5cc5c4oc4ccccc45)cc3)c3ccccc23)cc1. The van der Waals surface area contributed by atoms with Crippen LogP contribution in [0.25, 0.3) is 98.8 Å². The molecular weight excluding hydrogens is 560 g/mol. The molecule has 0 N–H and O–H groups in total. The van der Waals surface area contributed by atoms with E-state index in [0.29, 0.717) is 0 Å². The number of fused-ring (bicyclic) bond motifs is 8. The maximum atomic E-state index is 6.57. The van der Waals surface area contributed by atoms with Crippen LogP contribution in [0.5, 0.6) is 0 Å². The van der Waals surface area contributed by atoms with Crippen molar-refractivity contribution in [2.24, 2.45) is 0 Å². The van der Waals surface area contributed by atoms with Gasteiger partial charge in [-0.15, -0.1) is 0 Å². The monoisotopic (exact) mass is 586 g/mol. The lowest BCUT2D eigenvalue weighted by molar-refractivity contribution is 0.658. The first-order valence-corrected chi connectivity index (χ1v) is 15.7. The van der Waals surface area contributed by atoms with E-state index in [-0.39, 0.29) is 0 Å². The molecule has 0 atom stereocenters. The highest BCUT2D eigenvalue weighted by molar-refractivity contribution is 6.23. The van der Waals surface area contributed by atoms with E-state index in [9.17, 15) is 0 Å². The van der Waals surface area contributed by atoms with Gasteiger partial charge < -0.3 is 8.83 Å². The number of benzene rings is 8. The molecule has 2 heterocycles. The minimum Gasteiger partial charge on any atom is -0.455 e. The average molecular weight is 587 g/mol. The van der Waals surface area contributed by atoms with E-state index in [1.54, 1.807) is 0 Å². The van der Waals surface area contributed by atoms with E-state index in [4.69, 9.17) is 8.83 Å². The molecule has 10 rings (SSSR count). The van der Waals surface area contributed by atoms with Gasteiger partial charge in [-0.05, 0) is 67.6 Å². The zero-order valence-electron chi connectivity index (χ0n) is 24.8. The third-order valence-corrected chi connectivity index (χ3v) is 9.47. The summed E-state index contributed by atoms with van der Waals surface area (Å²) in [4.78, 5) is 0. The molecule has 0 aliphatic rings. The van der Waals surface area contributed by atoms with Crippen molar-refractivity contribution in [3.8, 4) is 33.4 Å². The Morgan fingerprint density at radius 2 is 0.609 bits per heavy atom. The zero-order chi connectivity index (χ0) is 30.2. The van der Waals surface area contributed by atoms with Gasteiger partial charge in [0.05, 0.1) is 5.56 Å². The minimum atomic E-state index is 0.851. The predicted octanol–water partition coefficient (Wildman–Crippen LogP) is 12.8. The zero-order valence-corrected chi connectivity index (χ0v) is 24.8. The van der Waals surface area contributed by atoms with Gasteiger partial charge in [0, 0.05) is 21.5 Å².